The third-order valence-corrected chi connectivity index (χ3v) is 6.99. The lowest BCUT2D eigenvalue weighted by molar-refractivity contribution is -0.138. The van der Waals surface area contributed by atoms with Crippen molar-refractivity contribution < 1.29 is 40.7 Å². The van der Waals surface area contributed by atoms with Crippen LogP contribution in [-0.4, -0.2) is 53.8 Å². The summed E-state index contributed by atoms with van der Waals surface area (Å²) in [6.07, 6.45) is -7.57. The van der Waals surface area contributed by atoms with Gasteiger partial charge in [0.2, 0.25) is 11.8 Å². The Labute approximate surface area is 226 Å². The van der Waals surface area contributed by atoms with Gasteiger partial charge in [0.1, 0.15) is 0 Å². The topological polar surface area (TPSA) is 81.8 Å². The molecule has 0 bridgehead atoms. The highest BCUT2D eigenvalue weighted by molar-refractivity contribution is 5.79. The normalized spacial score (nSPS) is 17.8. The Morgan fingerprint density at radius 3 is 1.45 bits per heavy atom. The summed E-state index contributed by atoms with van der Waals surface area (Å²) in [5.74, 6) is -0.401. The molecule has 13 heteroatoms. The molecule has 2 fully saturated rings. The number of carbonyl (C=O) groups excluding carboxylic acids is 3. The molecule has 216 valence electrons. The molecule has 2 aromatic carbocycles. The lowest BCUT2D eigenvalue weighted by Crippen LogP contribution is -2.46. The Bertz CT molecular complexity index is 1160. The van der Waals surface area contributed by atoms with E-state index in [9.17, 15) is 40.7 Å². The van der Waals surface area contributed by atoms with Crippen molar-refractivity contribution in [3.63, 3.8) is 0 Å². The van der Waals surface area contributed by atoms with Gasteiger partial charge in [0.15, 0.2) is 0 Å². The van der Waals surface area contributed by atoms with Crippen molar-refractivity contribution in [3.8, 4) is 0 Å². The maximum Gasteiger partial charge on any atom is 0.416 e. The monoisotopic (exact) mass is 570 g/mol. The number of urea groups is 1. The first-order chi connectivity index (χ1) is 18.8. The fourth-order valence-corrected chi connectivity index (χ4v) is 4.93. The molecule has 2 saturated heterocycles. The van der Waals surface area contributed by atoms with Gasteiger partial charge < -0.3 is 20.4 Å². The standard InChI is InChI=1S/C27H28F6N4O3/c28-26(29,30)19-7-1-5-17(13-19)21(15-36-11-3-9-23(36)38)34-25(40)35-22(16-37-12-4-10-24(37)39)18-6-2-8-20(14-18)27(31,32)33/h1-2,5-8,13-14,21-22H,3-4,9-12,15-16H2,(H2,34,35,40)/t21-,22+. The lowest BCUT2D eigenvalue weighted by atomic mass is 10.0. The molecule has 0 unspecified atom stereocenters. The van der Waals surface area contributed by atoms with E-state index >= 15 is 0 Å². The molecule has 0 aromatic heterocycles. The molecular formula is C27H28F6N4O3. The third kappa shape index (κ3) is 7.24. The van der Waals surface area contributed by atoms with Crippen molar-refractivity contribution in [2.75, 3.05) is 26.2 Å². The number of hydrogen-bond donors (Lipinski definition) is 2. The van der Waals surface area contributed by atoms with E-state index in [-0.39, 0.29) is 48.9 Å². The summed E-state index contributed by atoms with van der Waals surface area (Å²) in [5.41, 5.74) is -1.65. The second kappa shape index (κ2) is 11.8. The van der Waals surface area contributed by atoms with Crippen LogP contribution in [0.4, 0.5) is 31.1 Å². The van der Waals surface area contributed by atoms with Crippen LogP contribution in [0.5, 0.6) is 0 Å². The van der Waals surface area contributed by atoms with Gasteiger partial charge in [-0.15, -0.1) is 0 Å². The van der Waals surface area contributed by atoms with E-state index < -0.39 is 41.6 Å². The van der Waals surface area contributed by atoms with E-state index in [0.717, 1.165) is 24.3 Å². The van der Waals surface area contributed by atoms with Crippen LogP contribution in [0.25, 0.3) is 0 Å². The maximum absolute atomic E-state index is 13.4. The molecule has 4 rings (SSSR count). The second-order valence-corrected chi connectivity index (χ2v) is 9.86. The van der Waals surface area contributed by atoms with Gasteiger partial charge in [-0.1, -0.05) is 24.3 Å². The summed E-state index contributed by atoms with van der Waals surface area (Å²) in [6, 6.07) is 5.78. The molecule has 0 radical (unpaired) electrons. The Kier molecular flexibility index (Phi) is 8.59. The van der Waals surface area contributed by atoms with E-state index in [0.29, 0.717) is 25.9 Å². The van der Waals surface area contributed by atoms with Crippen LogP contribution >= 0.6 is 0 Å². The van der Waals surface area contributed by atoms with E-state index in [1.807, 2.05) is 0 Å². The third-order valence-electron chi connectivity index (χ3n) is 6.99. The number of hydrogen-bond acceptors (Lipinski definition) is 3. The van der Waals surface area contributed by atoms with Gasteiger partial charge in [-0.05, 0) is 48.2 Å². The predicted molar refractivity (Wildman–Crippen MR) is 132 cm³/mol. The number of amides is 4. The Morgan fingerprint density at radius 1 is 0.725 bits per heavy atom. The first-order valence-electron chi connectivity index (χ1n) is 12.8. The van der Waals surface area contributed by atoms with Crippen LogP contribution in [0.3, 0.4) is 0 Å². The minimum Gasteiger partial charge on any atom is -0.340 e. The van der Waals surface area contributed by atoms with Gasteiger partial charge in [0.05, 0.1) is 23.2 Å². The fourth-order valence-electron chi connectivity index (χ4n) is 4.93. The summed E-state index contributed by atoms with van der Waals surface area (Å²) in [4.78, 5) is 40.6. The molecule has 0 saturated carbocycles. The zero-order chi connectivity index (χ0) is 29.1. The minimum atomic E-state index is -4.64. The van der Waals surface area contributed by atoms with Crippen molar-refractivity contribution in [3.05, 3.63) is 70.8 Å². The van der Waals surface area contributed by atoms with Crippen LogP contribution < -0.4 is 10.6 Å². The fraction of sp³-hybridized carbons (Fsp3) is 0.444. The zero-order valence-electron chi connectivity index (χ0n) is 21.3. The molecule has 0 spiro atoms. The maximum atomic E-state index is 13.4. The van der Waals surface area contributed by atoms with E-state index in [2.05, 4.69) is 10.6 Å². The summed E-state index contributed by atoms with van der Waals surface area (Å²) in [7, 11) is 0. The van der Waals surface area contributed by atoms with Gasteiger partial charge in [0.25, 0.3) is 0 Å². The lowest BCUT2D eigenvalue weighted by Gasteiger charge is -2.29. The Balaban J connectivity index is 1.59. The largest absolute Gasteiger partial charge is 0.416 e. The number of nitrogens with zero attached hydrogens (tertiary/aromatic N) is 2. The summed E-state index contributed by atoms with van der Waals surface area (Å²) >= 11 is 0. The molecule has 4 amide bonds. The van der Waals surface area contributed by atoms with Crippen molar-refractivity contribution in [1.82, 2.24) is 20.4 Å². The van der Waals surface area contributed by atoms with Gasteiger partial charge in [-0.2, -0.15) is 26.3 Å². The average molecular weight is 571 g/mol. The van der Waals surface area contributed by atoms with Gasteiger partial charge in [0, 0.05) is 39.0 Å². The molecule has 7 nitrogen and oxygen atoms in total. The number of nitrogens with one attached hydrogen (secondary N) is 2. The van der Waals surface area contributed by atoms with Gasteiger partial charge >= 0.3 is 18.4 Å². The molecule has 0 aliphatic carbocycles. The number of alkyl halides is 6. The number of halogens is 6. The summed E-state index contributed by atoms with van der Waals surface area (Å²) in [5, 5.41) is 5.21. The SMILES string of the molecule is O=C(N[C@@H](CN1CCCC1=O)c1cccc(C(F)(F)F)c1)N[C@H](CN1CCCC1=O)c1cccc(C(F)(F)F)c1. The minimum absolute atomic E-state index is 0.0909. The Morgan fingerprint density at radius 2 is 1.12 bits per heavy atom. The second-order valence-electron chi connectivity index (χ2n) is 9.86. The molecule has 2 atom stereocenters. The van der Waals surface area contributed by atoms with Gasteiger partial charge in [-0.25, -0.2) is 4.79 Å². The first kappa shape index (κ1) is 29.2. The smallest absolute Gasteiger partial charge is 0.340 e. The molecule has 2 aromatic rings. The van der Waals surface area contributed by atoms with Crippen LogP contribution in [0.1, 0.15) is 60.0 Å². The Hall–Kier alpha value is -3.77. The van der Waals surface area contributed by atoms with Crippen LogP contribution in [0, 0.1) is 0 Å². The highest BCUT2D eigenvalue weighted by Crippen LogP contribution is 2.33. The van der Waals surface area contributed by atoms with Crippen molar-refractivity contribution >= 4 is 17.8 Å². The van der Waals surface area contributed by atoms with Crippen LogP contribution in [0.2, 0.25) is 0 Å². The summed E-state index contributed by atoms with van der Waals surface area (Å²) < 4.78 is 80.3. The number of likely N-dealkylation sites (tertiary alicyclic amines) is 2. The van der Waals surface area contributed by atoms with Crippen LogP contribution in [-0.2, 0) is 21.9 Å². The number of benzene rings is 2. The molecule has 2 aliphatic rings. The highest BCUT2D eigenvalue weighted by atomic mass is 19.4. The quantitative estimate of drug-likeness (QED) is 0.436. The molecule has 2 N–H and O–H groups in total. The van der Waals surface area contributed by atoms with E-state index in [1.54, 1.807) is 0 Å². The molecular weight excluding hydrogens is 542 g/mol. The van der Waals surface area contributed by atoms with Crippen molar-refractivity contribution in [2.45, 2.75) is 50.1 Å². The molecule has 40 heavy (non-hydrogen) atoms. The summed E-state index contributed by atoms with van der Waals surface area (Å²) in [6.45, 7) is 0.571. The van der Waals surface area contributed by atoms with Crippen LogP contribution in [0.15, 0.2) is 48.5 Å². The predicted octanol–water partition coefficient (Wildman–Crippen LogP) is 5.05. The molecule has 2 heterocycles. The number of carbonyl (C=O) groups is 3. The van der Waals surface area contributed by atoms with Crippen molar-refractivity contribution in [1.29, 1.82) is 0 Å². The zero-order valence-corrected chi connectivity index (χ0v) is 21.3. The average Bonchev–Trinajstić information content (AvgIpc) is 3.49. The van der Waals surface area contributed by atoms with E-state index in [4.69, 9.17) is 0 Å². The number of rotatable bonds is 8. The van der Waals surface area contributed by atoms with Gasteiger partial charge in [-0.3, -0.25) is 9.59 Å². The first-order valence-corrected chi connectivity index (χ1v) is 12.8. The van der Waals surface area contributed by atoms with E-state index in [1.165, 1.54) is 34.1 Å². The molecule has 2 aliphatic heterocycles. The van der Waals surface area contributed by atoms with Crippen molar-refractivity contribution in [2.24, 2.45) is 0 Å². The highest BCUT2D eigenvalue weighted by Gasteiger charge is 2.34.